The van der Waals surface area contributed by atoms with Crippen LogP contribution in [-0.4, -0.2) is 48.1 Å². The summed E-state index contributed by atoms with van der Waals surface area (Å²) in [5.41, 5.74) is 1.74. The van der Waals surface area contributed by atoms with Gasteiger partial charge in [-0.2, -0.15) is 0 Å². The number of nitrogens with zero attached hydrogens (tertiary/aromatic N) is 2. The second-order valence-corrected chi connectivity index (χ2v) is 6.31. The summed E-state index contributed by atoms with van der Waals surface area (Å²) >= 11 is 0. The van der Waals surface area contributed by atoms with Crippen LogP contribution in [0.3, 0.4) is 0 Å². The standard InChI is InChI=1S/C20H22N2O4/c1-25-19(23)16-9-10-18(21-12-16)20(24)26-17-8-5-11-22(14-17)13-15-6-3-2-4-7-15/h2-4,6-7,9-10,12,17H,5,8,11,13-14H2,1H3. The molecule has 2 heterocycles. The molecule has 0 bridgehead atoms. The van der Waals surface area contributed by atoms with Gasteiger partial charge < -0.3 is 9.47 Å². The minimum Gasteiger partial charge on any atom is -0.465 e. The zero-order chi connectivity index (χ0) is 18.4. The fourth-order valence-electron chi connectivity index (χ4n) is 3.06. The van der Waals surface area contributed by atoms with Crippen LogP contribution >= 0.6 is 0 Å². The van der Waals surface area contributed by atoms with E-state index in [-0.39, 0.29) is 11.8 Å². The monoisotopic (exact) mass is 354 g/mol. The zero-order valence-corrected chi connectivity index (χ0v) is 14.8. The normalized spacial score (nSPS) is 17.5. The van der Waals surface area contributed by atoms with E-state index >= 15 is 0 Å². The van der Waals surface area contributed by atoms with E-state index < -0.39 is 11.9 Å². The van der Waals surface area contributed by atoms with Crippen LogP contribution in [-0.2, 0) is 16.0 Å². The molecule has 1 aliphatic rings. The molecule has 1 aromatic carbocycles. The number of piperidine rings is 1. The Morgan fingerprint density at radius 2 is 1.96 bits per heavy atom. The molecule has 2 aromatic rings. The maximum Gasteiger partial charge on any atom is 0.357 e. The summed E-state index contributed by atoms with van der Waals surface area (Å²) in [5.74, 6) is -0.950. The third kappa shape index (κ3) is 4.67. The van der Waals surface area contributed by atoms with E-state index in [0.717, 1.165) is 25.9 Å². The Labute approximate surface area is 152 Å². The smallest absolute Gasteiger partial charge is 0.357 e. The van der Waals surface area contributed by atoms with Gasteiger partial charge in [0.2, 0.25) is 0 Å². The average Bonchev–Trinajstić information content (AvgIpc) is 2.68. The predicted molar refractivity (Wildman–Crippen MR) is 95.7 cm³/mol. The zero-order valence-electron chi connectivity index (χ0n) is 14.8. The number of carbonyl (C=O) groups excluding carboxylic acids is 2. The Kier molecular flexibility index (Phi) is 5.96. The number of ether oxygens (including phenoxy) is 2. The SMILES string of the molecule is COC(=O)c1ccc(C(=O)OC2CCCN(Cc3ccccc3)C2)nc1. The van der Waals surface area contributed by atoms with Gasteiger partial charge in [-0.25, -0.2) is 14.6 Å². The second kappa shape index (κ2) is 8.58. The summed E-state index contributed by atoms with van der Waals surface area (Å²) < 4.78 is 10.2. The summed E-state index contributed by atoms with van der Waals surface area (Å²) in [4.78, 5) is 30.0. The first-order valence-corrected chi connectivity index (χ1v) is 8.67. The number of benzene rings is 1. The van der Waals surface area contributed by atoms with E-state index in [2.05, 4.69) is 26.8 Å². The molecule has 136 valence electrons. The average molecular weight is 354 g/mol. The van der Waals surface area contributed by atoms with Crippen molar-refractivity contribution in [3.8, 4) is 0 Å². The molecule has 3 rings (SSSR count). The molecule has 1 unspecified atom stereocenters. The second-order valence-electron chi connectivity index (χ2n) is 6.31. The van der Waals surface area contributed by atoms with E-state index in [1.165, 1.54) is 31.0 Å². The van der Waals surface area contributed by atoms with Crippen molar-refractivity contribution in [3.63, 3.8) is 0 Å². The van der Waals surface area contributed by atoms with Crippen molar-refractivity contribution in [2.45, 2.75) is 25.5 Å². The Hall–Kier alpha value is -2.73. The molecule has 1 saturated heterocycles. The highest BCUT2D eigenvalue weighted by Crippen LogP contribution is 2.17. The molecule has 0 saturated carbocycles. The third-order valence-corrected chi connectivity index (χ3v) is 4.38. The van der Waals surface area contributed by atoms with Gasteiger partial charge in [-0.05, 0) is 37.1 Å². The summed E-state index contributed by atoms with van der Waals surface area (Å²) in [6, 6.07) is 13.3. The fraction of sp³-hybridized carbons (Fsp3) is 0.350. The van der Waals surface area contributed by atoms with E-state index in [1.54, 1.807) is 0 Å². The number of carbonyl (C=O) groups is 2. The summed E-state index contributed by atoms with van der Waals surface area (Å²) in [6.07, 6.45) is 3.00. The van der Waals surface area contributed by atoms with Crippen molar-refractivity contribution in [1.82, 2.24) is 9.88 Å². The molecule has 0 spiro atoms. The number of methoxy groups -OCH3 is 1. The van der Waals surface area contributed by atoms with Crippen LogP contribution in [0.4, 0.5) is 0 Å². The first-order chi connectivity index (χ1) is 12.7. The van der Waals surface area contributed by atoms with E-state index in [0.29, 0.717) is 12.1 Å². The molecular weight excluding hydrogens is 332 g/mol. The molecule has 26 heavy (non-hydrogen) atoms. The van der Waals surface area contributed by atoms with Crippen LogP contribution in [0, 0.1) is 0 Å². The van der Waals surface area contributed by atoms with Gasteiger partial charge in [0.1, 0.15) is 11.8 Å². The van der Waals surface area contributed by atoms with Crippen LogP contribution in [0.5, 0.6) is 0 Å². The molecule has 0 N–H and O–H groups in total. The molecule has 6 heteroatoms. The van der Waals surface area contributed by atoms with Gasteiger partial charge >= 0.3 is 11.9 Å². The van der Waals surface area contributed by atoms with Gasteiger partial charge in [-0.1, -0.05) is 30.3 Å². The Morgan fingerprint density at radius 3 is 2.65 bits per heavy atom. The molecule has 1 aliphatic heterocycles. The number of pyridine rings is 1. The molecule has 0 amide bonds. The highest BCUT2D eigenvalue weighted by Gasteiger charge is 2.24. The van der Waals surface area contributed by atoms with Crippen molar-refractivity contribution >= 4 is 11.9 Å². The number of likely N-dealkylation sites (tertiary alicyclic amines) is 1. The Bertz CT molecular complexity index is 746. The highest BCUT2D eigenvalue weighted by atomic mass is 16.5. The Morgan fingerprint density at radius 1 is 1.15 bits per heavy atom. The molecule has 1 fully saturated rings. The van der Waals surface area contributed by atoms with Crippen LogP contribution in [0.2, 0.25) is 0 Å². The lowest BCUT2D eigenvalue weighted by atomic mass is 10.1. The largest absolute Gasteiger partial charge is 0.465 e. The van der Waals surface area contributed by atoms with Crippen molar-refractivity contribution < 1.29 is 19.1 Å². The minimum absolute atomic E-state index is 0.151. The van der Waals surface area contributed by atoms with Crippen LogP contribution in [0.25, 0.3) is 0 Å². The molecule has 1 aromatic heterocycles. The van der Waals surface area contributed by atoms with Crippen LogP contribution < -0.4 is 0 Å². The number of hydrogen-bond acceptors (Lipinski definition) is 6. The lowest BCUT2D eigenvalue weighted by Crippen LogP contribution is -2.40. The summed E-state index contributed by atoms with van der Waals surface area (Å²) in [7, 11) is 1.30. The van der Waals surface area contributed by atoms with Crippen LogP contribution in [0.1, 0.15) is 39.3 Å². The van der Waals surface area contributed by atoms with E-state index in [1.807, 2.05) is 18.2 Å². The number of aromatic nitrogens is 1. The van der Waals surface area contributed by atoms with Crippen molar-refractivity contribution in [3.05, 3.63) is 65.5 Å². The summed E-state index contributed by atoms with van der Waals surface area (Å²) in [6.45, 7) is 2.55. The minimum atomic E-state index is -0.485. The van der Waals surface area contributed by atoms with Crippen LogP contribution in [0.15, 0.2) is 48.7 Å². The van der Waals surface area contributed by atoms with Crippen molar-refractivity contribution in [1.29, 1.82) is 0 Å². The molecule has 0 radical (unpaired) electrons. The fourth-order valence-corrected chi connectivity index (χ4v) is 3.06. The molecule has 0 aliphatic carbocycles. The first-order valence-electron chi connectivity index (χ1n) is 8.67. The van der Waals surface area contributed by atoms with Crippen molar-refractivity contribution in [2.75, 3.05) is 20.2 Å². The van der Waals surface area contributed by atoms with Gasteiger partial charge in [-0.15, -0.1) is 0 Å². The number of esters is 2. The maximum absolute atomic E-state index is 12.3. The summed E-state index contributed by atoms with van der Waals surface area (Å²) in [5, 5.41) is 0. The topological polar surface area (TPSA) is 68.7 Å². The predicted octanol–water partition coefficient (Wildman–Crippen LogP) is 2.69. The van der Waals surface area contributed by atoms with E-state index in [9.17, 15) is 9.59 Å². The lowest BCUT2D eigenvalue weighted by molar-refractivity contribution is 0.00500. The maximum atomic E-state index is 12.3. The van der Waals surface area contributed by atoms with Gasteiger partial charge in [0.15, 0.2) is 0 Å². The molecular formula is C20H22N2O4. The lowest BCUT2D eigenvalue weighted by Gasteiger charge is -2.32. The first kappa shape index (κ1) is 18.1. The van der Waals surface area contributed by atoms with Gasteiger partial charge in [0, 0.05) is 19.3 Å². The van der Waals surface area contributed by atoms with E-state index in [4.69, 9.17) is 4.74 Å². The third-order valence-electron chi connectivity index (χ3n) is 4.38. The van der Waals surface area contributed by atoms with Crippen molar-refractivity contribution in [2.24, 2.45) is 0 Å². The van der Waals surface area contributed by atoms with Gasteiger partial charge in [0.05, 0.1) is 12.7 Å². The molecule has 1 atom stereocenters. The van der Waals surface area contributed by atoms with Gasteiger partial charge in [0.25, 0.3) is 0 Å². The number of rotatable bonds is 5. The highest BCUT2D eigenvalue weighted by molar-refractivity contribution is 5.91. The van der Waals surface area contributed by atoms with Gasteiger partial charge in [-0.3, -0.25) is 4.90 Å². The number of hydrogen-bond donors (Lipinski definition) is 0. The Balaban J connectivity index is 1.56. The quantitative estimate of drug-likeness (QED) is 0.769. The molecule has 6 nitrogen and oxygen atoms in total.